The Labute approximate surface area is 112 Å². The summed E-state index contributed by atoms with van der Waals surface area (Å²) in [6.07, 6.45) is 9.43. The summed E-state index contributed by atoms with van der Waals surface area (Å²) in [5.41, 5.74) is 1.10. The van der Waals surface area contributed by atoms with E-state index in [2.05, 4.69) is 20.4 Å². The molecule has 2 aromatic rings. The summed E-state index contributed by atoms with van der Waals surface area (Å²) >= 11 is 0. The molecule has 0 aromatic carbocycles. The van der Waals surface area contributed by atoms with Crippen LogP contribution in [0.3, 0.4) is 0 Å². The average Bonchev–Trinajstić information content (AvgIpc) is 3.09. The van der Waals surface area contributed by atoms with Crippen molar-refractivity contribution in [2.45, 2.75) is 44.7 Å². The molecule has 0 atom stereocenters. The summed E-state index contributed by atoms with van der Waals surface area (Å²) in [5, 5.41) is 7.47. The Hall–Kier alpha value is -1.75. The van der Waals surface area contributed by atoms with Crippen LogP contribution >= 0.6 is 0 Å². The highest BCUT2D eigenvalue weighted by Crippen LogP contribution is 2.18. The first kappa shape index (κ1) is 12.3. The predicted octanol–water partition coefficient (Wildman–Crippen LogP) is 2.09. The van der Waals surface area contributed by atoms with Gasteiger partial charge >= 0.3 is 0 Å². The normalized spacial score (nSPS) is 16.0. The molecule has 0 saturated heterocycles. The minimum Gasteiger partial charge on any atom is -0.338 e. The molecular weight excluding hydrogens is 240 g/mol. The van der Waals surface area contributed by atoms with E-state index >= 15 is 0 Å². The van der Waals surface area contributed by atoms with E-state index in [-0.39, 0.29) is 0 Å². The van der Waals surface area contributed by atoms with Crippen LogP contribution in [0.5, 0.6) is 0 Å². The fourth-order valence-corrected chi connectivity index (χ4v) is 2.48. The molecule has 1 saturated carbocycles. The summed E-state index contributed by atoms with van der Waals surface area (Å²) in [5.74, 6) is 1.39. The Kier molecular flexibility index (Phi) is 3.83. The van der Waals surface area contributed by atoms with Gasteiger partial charge in [-0.05, 0) is 24.5 Å². The van der Waals surface area contributed by atoms with Crippen molar-refractivity contribution in [1.82, 2.24) is 20.4 Å². The van der Waals surface area contributed by atoms with Crippen LogP contribution in [0.2, 0.25) is 0 Å². The first-order valence-corrected chi connectivity index (χ1v) is 6.84. The van der Waals surface area contributed by atoms with Gasteiger partial charge in [-0.15, -0.1) is 0 Å². The highest BCUT2D eigenvalue weighted by Gasteiger charge is 2.15. The molecule has 2 aromatic heterocycles. The van der Waals surface area contributed by atoms with Crippen molar-refractivity contribution in [3.05, 3.63) is 41.8 Å². The highest BCUT2D eigenvalue weighted by atomic mass is 16.5. The third-order valence-corrected chi connectivity index (χ3v) is 3.49. The Morgan fingerprint density at radius 2 is 2.21 bits per heavy atom. The fourth-order valence-electron chi connectivity index (χ4n) is 2.48. The maximum Gasteiger partial charge on any atom is 0.240 e. The van der Waals surface area contributed by atoms with Gasteiger partial charge in [-0.1, -0.05) is 24.1 Å². The lowest BCUT2D eigenvalue weighted by atomic mass is 10.2. The van der Waals surface area contributed by atoms with Crippen LogP contribution in [-0.2, 0) is 13.0 Å². The van der Waals surface area contributed by atoms with E-state index < -0.39 is 0 Å². The molecule has 5 heteroatoms. The van der Waals surface area contributed by atoms with Gasteiger partial charge in [0.05, 0.1) is 6.54 Å². The molecule has 3 rings (SSSR count). The quantitative estimate of drug-likeness (QED) is 0.889. The number of aromatic nitrogens is 3. The van der Waals surface area contributed by atoms with Crippen LogP contribution in [0, 0.1) is 0 Å². The number of pyridine rings is 1. The van der Waals surface area contributed by atoms with E-state index in [0.29, 0.717) is 24.9 Å². The molecule has 1 N–H and O–H groups in total. The van der Waals surface area contributed by atoms with Gasteiger partial charge in [0, 0.05) is 24.9 Å². The standard InChI is InChI=1S/C14H18N4O/c1-2-6-12(5-1)16-10-14-17-13(18-19-14)8-11-4-3-7-15-9-11/h3-4,7,9,12,16H,1-2,5-6,8,10H2. The zero-order valence-corrected chi connectivity index (χ0v) is 10.9. The average molecular weight is 258 g/mol. The van der Waals surface area contributed by atoms with Gasteiger partial charge in [-0.3, -0.25) is 4.98 Å². The number of hydrogen-bond acceptors (Lipinski definition) is 5. The van der Waals surface area contributed by atoms with Crippen molar-refractivity contribution in [2.24, 2.45) is 0 Å². The molecule has 0 bridgehead atoms. The lowest BCUT2D eigenvalue weighted by molar-refractivity contribution is 0.353. The van der Waals surface area contributed by atoms with Crippen LogP contribution < -0.4 is 5.32 Å². The van der Waals surface area contributed by atoms with Crippen LogP contribution in [0.15, 0.2) is 29.0 Å². The van der Waals surface area contributed by atoms with Crippen LogP contribution in [0.25, 0.3) is 0 Å². The Morgan fingerprint density at radius 3 is 3.00 bits per heavy atom. The van der Waals surface area contributed by atoms with Crippen molar-refractivity contribution in [3.8, 4) is 0 Å². The number of nitrogens with zero attached hydrogens (tertiary/aromatic N) is 3. The van der Waals surface area contributed by atoms with Gasteiger partial charge < -0.3 is 9.84 Å². The maximum absolute atomic E-state index is 5.25. The van der Waals surface area contributed by atoms with Gasteiger partial charge in [0.1, 0.15) is 0 Å². The Morgan fingerprint density at radius 1 is 1.32 bits per heavy atom. The van der Waals surface area contributed by atoms with Crippen molar-refractivity contribution in [2.75, 3.05) is 0 Å². The second kappa shape index (κ2) is 5.93. The summed E-state index contributed by atoms with van der Waals surface area (Å²) in [6.45, 7) is 0.671. The third kappa shape index (κ3) is 3.38. The molecule has 100 valence electrons. The third-order valence-electron chi connectivity index (χ3n) is 3.49. The minimum absolute atomic E-state index is 0.619. The first-order chi connectivity index (χ1) is 9.40. The summed E-state index contributed by atoms with van der Waals surface area (Å²) in [6, 6.07) is 4.55. The summed E-state index contributed by atoms with van der Waals surface area (Å²) in [7, 11) is 0. The monoisotopic (exact) mass is 258 g/mol. The van der Waals surface area contributed by atoms with Gasteiger partial charge in [0.2, 0.25) is 5.89 Å². The van der Waals surface area contributed by atoms with Gasteiger partial charge in [0.15, 0.2) is 5.82 Å². The van der Waals surface area contributed by atoms with Crippen molar-refractivity contribution in [3.63, 3.8) is 0 Å². The van der Waals surface area contributed by atoms with E-state index in [0.717, 1.165) is 11.4 Å². The van der Waals surface area contributed by atoms with E-state index in [9.17, 15) is 0 Å². The second-order valence-corrected chi connectivity index (χ2v) is 5.00. The Bertz CT molecular complexity index is 505. The van der Waals surface area contributed by atoms with E-state index in [1.807, 2.05) is 18.3 Å². The molecule has 5 nitrogen and oxygen atoms in total. The lowest BCUT2D eigenvalue weighted by Crippen LogP contribution is -2.25. The lowest BCUT2D eigenvalue weighted by Gasteiger charge is -2.08. The van der Waals surface area contributed by atoms with Gasteiger partial charge in [-0.2, -0.15) is 4.98 Å². The first-order valence-electron chi connectivity index (χ1n) is 6.84. The molecule has 0 amide bonds. The molecule has 2 heterocycles. The highest BCUT2D eigenvalue weighted by molar-refractivity contribution is 5.13. The van der Waals surface area contributed by atoms with Crippen molar-refractivity contribution >= 4 is 0 Å². The fraction of sp³-hybridized carbons (Fsp3) is 0.500. The molecule has 1 aliphatic rings. The molecule has 19 heavy (non-hydrogen) atoms. The number of hydrogen-bond donors (Lipinski definition) is 1. The van der Waals surface area contributed by atoms with E-state index in [4.69, 9.17) is 4.52 Å². The largest absolute Gasteiger partial charge is 0.338 e. The zero-order valence-electron chi connectivity index (χ0n) is 10.9. The molecular formula is C14H18N4O. The smallest absolute Gasteiger partial charge is 0.240 e. The molecule has 1 fully saturated rings. The van der Waals surface area contributed by atoms with Crippen LogP contribution in [0.1, 0.15) is 43.0 Å². The van der Waals surface area contributed by atoms with E-state index in [1.165, 1.54) is 25.7 Å². The van der Waals surface area contributed by atoms with E-state index in [1.54, 1.807) is 6.20 Å². The zero-order chi connectivity index (χ0) is 12.9. The van der Waals surface area contributed by atoms with Gasteiger partial charge in [0.25, 0.3) is 0 Å². The SMILES string of the molecule is c1cncc(Cc2noc(CNC3CCCC3)n2)c1. The molecule has 0 unspecified atom stereocenters. The summed E-state index contributed by atoms with van der Waals surface area (Å²) < 4.78 is 5.25. The Balaban J connectivity index is 1.54. The number of rotatable bonds is 5. The maximum atomic E-state index is 5.25. The predicted molar refractivity (Wildman–Crippen MR) is 70.4 cm³/mol. The van der Waals surface area contributed by atoms with Crippen LogP contribution in [0.4, 0.5) is 0 Å². The summed E-state index contributed by atoms with van der Waals surface area (Å²) in [4.78, 5) is 8.48. The number of nitrogens with one attached hydrogen (secondary N) is 1. The second-order valence-electron chi connectivity index (χ2n) is 5.00. The van der Waals surface area contributed by atoms with Crippen molar-refractivity contribution < 1.29 is 4.52 Å². The topological polar surface area (TPSA) is 63.8 Å². The molecule has 0 spiro atoms. The van der Waals surface area contributed by atoms with Crippen molar-refractivity contribution in [1.29, 1.82) is 0 Å². The molecule has 1 aliphatic carbocycles. The van der Waals surface area contributed by atoms with Crippen LogP contribution in [-0.4, -0.2) is 21.2 Å². The van der Waals surface area contributed by atoms with Gasteiger partial charge in [-0.25, -0.2) is 0 Å². The minimum atomic E-state index is 0.619. The molecule has 0 aliphatic heterocycles. The molecule has 0 radical (unpaired) electrons.